The molecule has 1 saturated heterocycles. The number of benzene rings is 1. The van der Waals surface area contributed by atoms with Gasteiger partial charge in [0.25, 0.3) is 5.91 Å². The zero-order valence-electron chi connectivity index (χ0n) is 23.1. The molecule has 3 rings (SSSR count). The van der Waals surface area contributed by atoms with E-state index in [0.29, 0.717) is 4.90 Å². The molecule has 0 aliphatic carbocycles. The summed E-state index contributed by atoms with van der Waals surface area (Å²) in [6, 6.07) is 3.04. The standard InChI is InChI=1S/C20H22ClF2N3O/c1-14-12-24-18(25-13-14)3-2-6-20(23)7-9-26(10-8-20)19(27)15-4-5-17(22)16(21)11-15/h4-5,11-13H,2-3,6-10H2,1H3/i1D3,3D2,6D2,9D2. The maximum Gasteiger partial charge on any atom is 0.253 e. The summed E-state index contributed by atoms with van der Waals surface area (Å²) in [5, 5.41) is -0.356. The summed E-state index contributed by atoms with van der Waals surface area (Å²) >= 11 is 5.69. The maximum absolute atomic E-state index is 16.0. The SMILES string of the molecule is [2H]C([2H])([2H])c1cnc(C([2H])([2H])CC([2H])([2H])C2(F)CCN(C(=O)c3ccc(F)c(Cl)c3)C([2H])([2H])C2)nc1. The van der Waals surface area contributed by atoms with Crippen molar-refractivity contribution < 1.29 is 25.9 Å². The minimum absolute atomic E-state index is 0.131. The highest BCUT2D eigenvalue weighted by Gasteiger charge is 2.35. The van der Waals surface area contributed by atoms with E-state index in [1.165, 1.54) is 0 Å². The van der Waals surface area contributed by atoms with Gasteiger partial charge in [0.1, 0.15) is 17.3 Å². The monoisotopic (exact) mass is 402 g/mol. The number of halogens is 3. The summed E-state index contributed by atoms with van der Waals surface area (Å²) in [5.41, 5.74) is -3.26. The highest BCUT2D eigenvalue weighted by Crippen LogP contribution is 2.32. The molecule has 4 nitrogen and oxygen atoms in total. The molecule has 1 fully saturated rings. The molecule has 1 unspecified atom stereocenters. The van der Waals surface area contributed by atoms with Gasteiger partial charge in [0.15, 0.2) is 0 Å². The lowest BCUT2D eigenvalue weighted by atomic mass is 9.88. The minimum atomic E-state index is -2.93. The van der Waals surface area contributed by atoms with Crippen LogP contribution in [0.5, 0.6) is 0 Å². The third-order valence-electron chi connectivity index (χ3n) is 4.00. The van der Waals surface area contributed by atoms with Crippen LogP contribution in [0.3, 0.4) is 0 Å². The number of alkyl halides is 1. The number of carbonyl (C=O) groups is 1. The molecule has 27 heavy (non-hydrogen) atoms. The number of piperidine rings is 1. The summed E-state index contributed by atoms with van der Waals surface area (Å²) in [6.07, 6.45) is -6.61. The fourth-order valence-electron chi connectivity index (χ4n) is 2.49. The molecule has 1 aromatic carbocycles. The fourth-order valence-corrected chi connectivity index (χ4v) is 2.67. The number of hydrogen-bond donors (Lipinski definition) is 0. The molecule has 2 aromatic rings. The zero-order valence-corrected chi connectivity index (χ0v) is 14.9. The van der Waals surface area contributed by atoms with Crippen molar-refractivity contribution in [1.29, 1.82) is 0 Å². The topological polar surface area (TPSA) is 46.1 Å². The van der Waals surface area contributed by atoms with E-state index in [0.717, 1.165) is 30.6 Å². The fraction of sp³-hybridized carbons (Fsp3) is 0.450. The van der Waals surface area contributed by atoms with E-state index in [-0.39, 0.29) is 16.1 Å². The quantitative estimate of drug-likeness (QED) is 0.737. The van der Waals surface area contributed by atoms with Crippen LogP contribution in [0.4, 0.5) is 8.78 Å². The second kappa shape index (κ2) is 8.30. The highest BCUT2D eigenvalue weighted by molar-refractivity contribution is 6.31. The average Bonchev–Trinajstić information content (AvgIpc) is 2.73. The number of amides is 1. The molecular weight excluding hydrogens is 372 g/mol. The van der Waals surface area contributed by atoms with Crippen LogP contribution in [0.1, 0.15) is 59.7 Å². The van der Waals surface area contributed by atoms with Crippen molar-refractivity contribution in [3.8, 4) is 0 Å². The summed E-state index contributed by atoms with van der Waals surface area (Å²) in [5.74, 6) is -2.22. The van der Waals surface area contributed by atoms with Crippen LogP contribution in [0.25, 0.3) is 0 Å². The van der Waals surface area contributed by atoms with E-state index >= 15 is 4.39 Å². The van der Waals surface area contributed by atoms with Gasteiger partial charge < -0.3 is 4.90 Å². The number of nitrogens with zero attached hydrogens (tertiary/aromatic N) is 3. The molecule has 1 aliphatic heterocycles. The maximum atomic E-state index is 16.0. The lowest BCUT2D eigenvalue weighted by Crippen LogP contribution is -2.44. The van der Waals surface area contributed by atoms with E-state index in [2.05, 4.69) is 9.97 Å². The molecule has 1 aliphatic rings. The Kier molecular flexibility index (Phi) is 3.40. The largest absolute Gasteiger partial charge is 0.338 e. The first-order valence-electron chi connectivity index (χ1n) is 12.6. The Bertz CT molecular complexity index is 1150. The molecule has 0 saturated carbocycles. The Morgan fingerprint density at radius 2 is 2.22 bits per heavy atom. The molecule has 0 N–H and O–H groups in total. The molecule has 1 atom stereocenters. The van der Waals surface area contributed by atoms with Crippen molar-refractivity contribution in [3.63, 3.8) is 0 Å². The number of carbonyl (C=O) groups excluding carboxylic acids is 1. The predicted octanol–water partition coefficient (Wildman–Crippen LogP) is 4.54. The van der Waals surface area contributed by atoms with Crippen LogP contribution in [0.15, 0.2) is 30.6 Å². The zero-order chi connectivity index (χ0) is 27.3. The summed E-state index contributed by atoms with van der Waals surface area (Å²) in [7, 11) is 0. The molecule has 1 amide bonds. The van der Waals surface area contributed by atoms with Crippen molar-refractivity contribution in [2.45, 2.75) is 44.5 Å². The van der Waals surface area contributed by atoms with Crippen LogP contribution in [0, 0.1) is 12.7 Å². The second-order valence-corrected chi connectivity index (χ2v) is 6.37. The van der Waals surface area contributed by atoms with Crippen LogP contribution in [-0.4, -0.2) is 39.5 Å². The molecule has 0 spiro atoms. The number of rotatable bonds is 5. The molecule has 2 heterocycles. The summed E-state index contributed by atoms with van der Waals surface area (Å²) in [4.78, 5) is 20.9. The average molecular weight is 403 g/mol. The number of hydrogen-bond acceptors (Lipinski definition) is 3. The van der Waals surface area contributed by atoms with Crippen molar-refractivity contribution >= 4 is 17.5 Å². The van der Waals surface area contributed by atoms with Crippen LogP contribution in [-0.2, 0) is 6.37 Å². The second-order valence-electron chi connectivity index (χ2n) is 5.96. The lowest BCUT2D eigenvalue weighted by Gasteiger charge is -2.36. The lowest BCUT2D eigenvalue weighted by molar-refractivity contribution is 0.0389. The Labute approximate surface area is 175 Å². The van der Waals surface area contributed by atoms with Gasteiger partial charge in [0, 0.05) is 49.7 Å². The first-order chi connectivity index (χ1) is 16.3. The van der Waals surface area contributed by atoms with Crippen LogP contribution >= 0.6 is 11.6 Å². The van der Waals surface area contributed by atoms with Crippen molar-refractivity contribution in [3.05, 3.63) is 58.4 Å². The highest BCUT2D eigenvalue weighted by atomic mass is 35.5. The van der Waals surface area contributed by atoms with Gasteiger partial charge in [-0.1, -0.05) is 11.6 Å². The van der Waals surface area contributed by atoms with E-state index in [4.69, 9.17) is 23.9 Å². The smallest absolute Gasteiger partial charge is 0.253 e. The Hall–Kier alpha value is -2.08. The van der Waals surface area contributed by atoms with Crippen molar-refractivity contribution in [1.82, 2.24) is 14.9 Å². The van der Waals surface area contributed by atoms with Gasteiger partial charge >= 0.3 is 0 Å². The van der Waals surface area contributed by atoms with Gasteiger partial charge in [0.05, 0.1) is 5.02 Å². The van der Waals surface area contributed by atoms with Crippen LogP contribution in [0.2, 0.25) is 5.02 Å². The van der Waals surface area contributed by atoms with E-state index in [1.807, 2.05) is 0 Å². The number of aromatic nitrogens is 2. The Morgan fingerprint density at radius 3 is 2.89 bits per heavy atom. The molecular formula is C20H22ClF2N3O. The first-order valence-corrected chi connectivity index (χ1v) is 8.46. The molecule has 144 valence electrons. The van der Waals surface area contributed by atoms with Gasteiger partial charge in [-0.3, -0.25) is 4.79 Å². The van der Waals surface area contributed by atoms with Gasteiger partial charge in [-0.25, -0.2) is 18.7 Å². The number of likely N-dealkylation sites (tertiary alicyclic amines) is 1. The number of aryl methyl sites for hydroxylation is 2. The van der Waals surface area contributed by atoms with Crippen molar-refractivity contribution in [2.75, 3.05) is 13.0 Å². The molecule has 7 heteroatoms. The van der Waals surface area contributed by atoms with E-state index in [1.54, 1.807) is 0 Å². The Morgan fingerprint density at radius 1 is 1.44 bits per heavy atom. The predicted molar refractivity (Wildman–Crippen MR) is 100 cm³/mol. The van der Waals surface area contributed by atoms with E-state index in [9.17, 15) is 9.18 Å². The normalized spacial score (nSPS) is 28.3. The van der Waals surface area contributed by atoms with Crippen LogP contribution < -0.4 is 0 Å². The minimum Gasteiger partial charge on any atom is -0.338 e. The molecule has 0 radical (unpaired) electrons. The summed E-state index contributed by atoms with van der Waals surface area (Å²) in [6.45, 7) is -5.73. The van der Waals surface area contributed by atoms with Gasteiger partial charge in [-0.15, -0.1) is 0 Å². The molecule has 1 aromatic heterocycles. The summed E-state index contributed by atoms with van der Waals surface area (Å²) < 4.78 is 101. The molecule has 0 bridgehead atoms. The van der Waals surface area contributed by atoms with E-state index < -0.39 is 75.1 Å². The third-order valence-corrected chi connectivity index (χ3v) is 4.29. The van der Waals surface area contributed by atoms with Gasteiger partial charge in [-0.05, 0) is 56.2 Å². The third kappa shape index (κ3) is 5.01. The Balaban J connectivity index is 1.80. The van der Waals surface area contributed by atoms with Gasteiger partial charge in [0.2, 0.25) is 0 Å². The first kappa shape index (κ1) is 11.1. The van der Waals surface area contributed by atoms with Crippen molar-refractivity contribution in [2.24, 2.45) is 0 Å². The van der Waals surface area contributed by atoms with Gasteiger partial charge in [-0.2, -0.15) is 0 Å².